The SMILES string of the molecule is COc1cc2c(cc1NC(=O)CN1CCN(c3ccc([N+](=O)[O-])cc3)CC1)oc1ccccc12. The van der Waals surface area contributed by atoms with Crippen molar-refractivity contribution in [3.63, 3.8) is 0 Å². The Hall–Kier alpha value is -4.11. The number of non-ortho nitro benzene ring substituents is 1. The Morgan fingerprint density at radius 3 is 2.47 bits per heavy atom. The molecular formula is C25H24N4O5. The number of hydrogen-bond donors (Lipinski definition) is 1. The van der Waals surface area contributed by atoms with Crippen molar-refractivity contribution in [2.75, 3.05) is 50.1 Å². The summed E-state index contributed by atoms with van der Waals surface area (Å²) in [7, 11) is 1.58. The second kappa shape index (κ2) is 9.03. The molecule has 1 aliphatic rings. The number of para-hydroxylation sites is 1. The highest BCUT2D eigenvalue weighted by atomic mass is 16.6. The minimum absolute atomic E-state index is 0.0790. The fourth-order valence-corrected chi connectivity index (χ4v) is 4.36. The van der Waals surface area contributed by atoms with Gasteiger partial charge in [-0.15, -0.1) is 0 Å². The van der Waals surface area contributed by atoms with E-state index in [0.717, 1.165) is 35.1 Å². The van der Waals surface area contributed by atoms with Gasteiger partial charge >= 0.3 is 0 Å². The molecule has 0 atom stereocenters. The quantitative estimate of drug-likeness (QED) is 0.339. The van der Waals surface area contributed by atoms with E-state index in [1.807, 2.05) is 30.3 Å². The lowest BCUT2D eigenvalue weighted by Gasteiger charge is -2.35. The van der Waals surface area contributed by atoms with E-state index < -0.39 is 4.92 Å². The van der Waals surface area contributed by atoms with Gasteiger partial charge in [0.1, 0.15) is 16.9 Å². The average molecular weight is 460 g/mol. The number of hydrogen-bond acceptors (Lipinski definition) is 7. The molecule has 9 nitrogen and oxygen atoms in total. The molecule has 34 heavy (non-hydrogen) atoms. The van der Waals surface area contributed by atoms with Crippen molar-refractivity contribution in [3.8, 4) is 5.75 Å². The summed E-state index contributed by atoms with van der Waals surface area (Å²) in [6, 6.07) is 18.0. The van der Waals surface area contributed by atoms with Crippen molar-refractivity contribution in [3.05, 3.63) is 70.8 Å². The van der Waals surface area contributed by atoms with Crippen LogP contribution >= 0.6 is 0 Å². The number of ether oxygens (including phenoxy) is 1. The van der Waals surface area contributed by atoms with E-state index in [9.17, 15) is 14.9 Å². The first-order chi connectivity index (χ1) is 16.5. The number of nitrogens with zero attached hydrogens (tertiary/aromatic N) is 3. The number of nitro benzene ring substituents is 1. The number of nitro groups is 1. The number of methoxy groups -OCH3 is 1. The standard InChI is InChI=1S/C25H24N4O5/c1-33-24-14-20-19-4-2-3-5-22(19)34-23(20)15-21(24)26-25(30)16-27-10-12-28(13-11-27)17-6-8-18(9-7-17)29(31)32/h2-9,14-15H,10-13,16H2,1H3,(H,26,30). The van der Waals surface area contributed by atoms with Crippen LogP contribution in [0.25, 0.3) is 21.9 Å². The lowest BCUT2D eigenvalue weighted by molar-refractivity contribution is -0.384. The Morgan fingerprint density at radius 2 is 1.76 bits per heavy atom. The van der Waals surface area contributed by atoms with Crippen LogP contribution in [-0.4, -0.2) is 55.6 Å². The van der Waals surface area contributed by atoms with Crippen molar-refractivity contribution in [2.45, 2.75) is 0 Å². The maximum absolute atomic E-state index is 12.8. The van der Waals surface area contributed by atoms with E-state index in [4.69, 9.17) is 9.15 Å². The molecule has 0 aliphatic carbocycles. The summed E-state index contributed by atoms with van der Waals surface area (Å²) in [6.07, 6.45) is 0. The van der Waals surface area contributed by atoms with Crippen LogP contribution in [0.3, 0.4) is 0 Å². The Bertz CT molecular complexity index is 1360. The summed E-state index contributed by atoms with van der Waals surface area (Å²) in [5.41, 5.74) is 3.07. The Labute approximate surface area is 195 Å². The molecule has 174 valence electrons. The summed E-state index contributed by atoms with van der Waals surface area (Å²) in [6.45, 7) is 3.16. The fraction of sp³-hybridized carbons (Fsp3) is 0.240. The molecule has 1 aliphatic heterocycles. The summed E-state index contributed by atoms with van der Waals surface area (Å²) >= 11 is 0. The first kappa shape index (κ1) is 21.7. The maximum atomic E-state index is 12.8. The number of fused-ring (bicyclic) bond motifs is 3. The largest absolute Gasteiger partial charge is 0.495 e. The van der Waals surface area contributed by atoms with Gasteiger partial charge in [0.25, 0.3) is 5.69 Å². The fourth-order valence-electron chi connectivity index (χ4n) is 4.36. The van der Waals surface area contributed by atoms with Crippen LogP contribution in [-0.2, 0) is 4.79 Å². The molecule has 0 saturated carbocycles. The molecule has 4 aromatic rings. The van der Waals surface area contributed by atoms with Crippen LogP contribution in [0.15, 0.2) is 65.1 Å². The summed E-state index contributed by atoms with van der Waals surface area (Å²) < 4.78 is 11.5. The van der Waals surface area contributed by atoms with Crippen LogP contribution in [0.1, 0.15) is 0 Å². The zero-order valence-electron chi connectivity index (χ0n) is 18.7. The van der Waals surface area contributed by atoms with Crippen LogP contribution in [0.5, 0.6) is 5.75 Å². The van der Waals surface area contributed by atoms with E-state index in [0.29, 0.717) is 30.1 Å². The molecule has 0 radical (unpaired) electrons. The molecule has 9 heteroatoms. The maximum Gasteiger partial charge on any atom is 0.269 e. The zero-order valence-corrected chi connectivity index (χ0v) is 18.7. The third-order valence-corrected chi connectivity index (χ3v) is 6.14. The van der Waals surface area contributed by atoms with Crippen molar-refractivity contribution >= 4 is 44.9 Å². The van der Waals surface area contributed by atoms with E-state index >= 15 is 0 Å². The van der Waals surface area contributed by atoms with Crippen molar-refractivity contribution in [1.29, 1.82) is 0 Å². The second-order valence-corrected chi connectivity index (χ2v) is 8.23. The summed E-state index contributed by atoms with van der Waals surface area (Å²) in [5, 5.41) is 15.7. The minimum atomic E-state index is -0.402. The summed E-state index contributed by atoms with van der Waals surface area (Å²) in [4.78, 5) is 27.5. The van der Waals surface area contributed by atoms with E-state index in [2.05, 4.69) is 15.1 Å². The van der Waals surface area contributed by atoms with Crippen LogP contribution in [0.2, 0.25) is 0 Å². The molecule has 3 aromatic carbocycles. The number of piperazine rings is 1. The van der Waals surface area contributed by atoms with Gasteiger partial charge in [-0.3, -0.25) is 19.8 Å². The van der Waals surface area contributed by atoms with Crippen molar-refractivity contribution in [2.24, 2.45) is 0 Å². The van der Waals surface area contributed by atoms with Gasteiger partial charge in [-0.2, -0.15) is 0 Å². The second-order valence-electron chi connectivity index (χ2n) is 8.23. The lowest BCUT2D eigenvalue weighted by atomic mass is 10.1. The van der Waals surface area contributed by atoms with Crippen molar-refractivity contribution in [1.82, 2.24) is 4.90 Å². The van der Waals surface area contributed by atoms with Gasteiger partial charge in [-0.25, -0.2) is 0 Å². The van der Waals surface area contributed by atoms with Gasteiger partial charge in [0, 0.05) is 60.8 Å². The number of amides is 1. The number of furan rings is 1. The van der Waals surface area contributed by atoms with E-state index in [-0.39, 0.29) is 18.1 Å². The molecule has 1 fully saturated rings. The molecule has 0 bridgehead atoms. The molecule has 0 spiro atoms. The Morgan fingerprint density at radius 1 is 1.03 bits per heavy atom. The number of rotatable bonds is 6. The predicted octanol–water partition coefficient (Wildman–Crippen LogP) is 4.26. The topological polar surface area (TPSA) is 101 Å². The number of anilines is 2. The molecule has 2 heterocycles. The highest BCUT2D eigenvalue weighted by molar-refractivity contribution is 6.07. The highest BCUT2D eigenvalue weighted by Crippen LogP contribution is 2.36. The normalized spacial score (nSPS) is 14.4. The summed E-state index contributed by atoms with van der Waals surface area (Å²) in [5.74, 6) is 0.452. The van der Waals surface area contributed by atoms with Gasteiger partial charge in [0.15, 0.2) is 0 Å². The molecule has 1 saturated heterocycles. The van der Waals surface area contributed by atoms with Crippen LogP contribution < -0.4 is 15.0 Å². The average Bonchev–Trinajstić information content (AvgIpc) is 3.21. The van der Waals surface area contributed by atoms with Gasteiger partial charge in [-0.1, -0.05) is 18.2 Å². The Balaban J connectivity index is 1.22. The molecule has 1 amide bonds. The van der Waals surface area contributed by atoms with Gasteiger partial charge < -0.3 is 19.4 Å². The number of carbonyl (C=O) groups excluding carboxylic acids is 1. The molecule has 5 rings (SSSR count). The zero-order chi connectivity index (χ0) is 23.7. The van der Waals surface area contributed by atoms with E-state index in [1.165, 1.54) is 12.1 Å². The number of carbonyl (C=O) groups is 1. The molecule has 1 aromatic heterocycles. The van der Waals surface area contributed by atoms with Crippen LogP contribution in [0.4, 0.5) is 17.1 Å². The smallest absolute Gasteiger partial charge is 0.269 e. The first-order valence-corrected chi connectivity index (χ1v) is 11.0. The van der Waals surface area contributed by atoms with Gasteiger partial charge in [-0.05, 0) is 24.3 Å². The highest BCUT2D eigenvalue weighted by Gasteiger charge is 2.21. The van der Waals surface area contributed by atoms with Crippen LogP contribution in [0, 0.1) is 10.1 Å². The first-order valence-electron chi connectivity index (χ1n) is 11.0. The molecule has 1 N–H and O–H groups in total. The molecule has 0 unspecified atom stereocenters. The minimum Gasteiger partial charge on any atom is -0.495 e. The monoisotopic (exact) mass is 460 g/mol. The predicted molar refractivity (Wildman–Crippen MR) is 131 cm³/mol. The Kier molecular flexibility index (Phi) is 5.77. The van der Waals surface area contributed by atoms with Gasteiger partial charge in [0.2, 0.25) is 5.91 Å². The number of nitrogens with one attached hydrogen (secondary N) is 1. The van der Waals surface area contributed by atoms with E-state index in [1.54, 1.807) is 25.3 Å². The lowest BCUT2D eigenvalue weighted by Crippen LogP contribution is -2.48. The molecular weight excluding hydrogens is 436 g/mol. The number of benzene rings is 3. The third-order valence-electron chi connectivity index (χ3n) is 6.14. The van der Waals surface area contributed by atoms with Crippen molar-refractivity contribution < 1.29 is 18.9 Å². The van der Waals surface area contributed by atoms with Gasteiger partial charge in [0.05, 0.1) is 24.3 Å². The third kappa shape index (κ3) is 4.25.